The SMILES string of the molecule is CCNCCCC1CCCC(C)C1. The first-order chi connectivity index (χ1) is 6.33. The standard InChI is InChI=1S/C12H25N/c1-3-13-9-5-8-12-7-4-6-11(2)10-12/h11-13H,3-10H2,1-2H3. The van der Waals surface area contributed by atoms with E-state index in [9.17, 15) is 0 Å². The van der Waals surface area contributed by atoms with E-state index in [1.165, 1.54) is 45.1 Å². The number of nitrogens with one attached hydrogen (secondary N) is 1. The van der Waals surface area contributed by atoms with Crippen molar-refractivity contribution >= 4 is 0 Å². The van der Waals surface area contributed by atoms with Gasteiger partial charge in [-0.05, 0) is 44.2 Å². The third-order valence-electron chi connectivity index (χ3n) is 3.26. The van der Waals surface area contributed by atoms with Gasteiger partial charge in [-0.1, -0.05) is 33.1 Å². The predicted octanol–water partition coefficient (Wildman–Crippen LogP) is 3.20. The van der Waals surface area contributed by atoms with E-state index in [0.29, 0.717) is 0 Å². The normalized spacial score (nSPS) is 29.1. The fourth-order valence-corrected chi connectivity index (χ4v) is 2.51. The smallest absolute Gasteiger partial charge is 0.00489 e. The molecule has 0 aromatic carbocycles. The van der Waals surface area contributed by atoms with Crippen LogP contribution in [0, 0.1) is 11.8 Å². The third-order valence-corrected chi connectivity index (χ3v) is 3.26. The zero-order valence-electron chi connectivity index (χ0n) is 9.31. The van der Waals surface area contributed by atoms with Crippen LogP contribution in [-0.2, 0) is 0 Å². The van der Waals surface area contributed by atoms with Crippen LogP contribution in [0.15, 0.2) is 0 Å². The van der Waals surface area contributed by atoms with Gasteiger partial charge in [0, 0.05) is 0 Å². The minimum Gasteiger partial charge on any atom is -0.317 e. The first-order valence-corrected chi connectivity index (χ1v) is 6.03. The summed E-state index contributed by atoms with van der Waals surface area (Å²) in [5, 5.41) is 3.40. The van der Waals surface area contributed by atoms with Crippen LogP contribution in [0.5, 0.6) is 0 Å². The van der Waals surface area contributed by atoms with E-state index in [4.69, 9.17) is 0 Å². The van der Waals surface area contributed by atoms with Crippen LogP contribution < -0.4 is 5.32 Å². The molecular formula is C12H25N. The summed E-state index contributed by atoms with van der Waals surface area (Å²) in [6.07, 6.45) is 8.78. The maximum Gasteiger partial charge on any atom is -0.00489 e. The van der Waals surface area contributed by atoms with Crippen molar-refractivity contribution in [1.29, 1.82) is 0 Å². The van der Waals surface area contributed by atoms with Crippen molar-refractivity contribution in [2.45, 2.75) is 52.4 Å². The van der Waals surface area contributed by atoms with Crippen molar-refractivity contribution in [1.82, 2.24) is 5.32 Å². The maximum atomic E-state index is 3.40. The fraction of sp³-hybridized carbons (Fsp3) is 1.00. The topological polar surface area (TPSA) is 12.0 Å². The molecule has 0 radical (unpaired) electrons. The Labute approximate surface area is 83.3 Å². The van der Waals surface area contributed by atoms with Gasteiger partial charge in [-0.3, -0.25) is 0 Å². The number of hydrogen-bond acceptors (Lipinski definition) is 1. The lowest BCUT2D eigenvalue weighted by Gasteiger charge is -2.26. The molecule has 1 nitrogen and oxygen atoms in total. The minimum absolute atomic E-state index is 0.998. The van der Waals surface area contributed by atoms with E-state index in [2.05, 4.69) is 19.2 Å². The molecule has 1 aliphatic carbocycles. The van der Waals surface area contributed by atoms with Crippen molar-refractivity contribution in [3.05, 3.63) is 0 Å². The van der Waals surface area contributed by atoms with Crippen LogP contribution >= 0.6 is 0 Å². The summed E-state index contributed by atoms with van der Waals surface area (Å²) in [5.74, 6) is 2.04. The van der Waals surface area contributed by atoms with Crippen LogP contribution in [0.25, 0.3) is 0 Å². The average Bonchev–Trinajstić information content (AvgIpc) is 2.13. The Morgan fingerprint density at radius 3 is 2.85 bits per heavy atom. The van der Waals surface area contributed by atoms with E-state index in [-0.39, 0.29) is 0 Å². The van der Waals surface area contributed by atoms with E-state index in [1.807, 2.05) is 0 Å². The molecule has 1 saturated carbocycles. The van der Waals surface area contributed by atoms with Crippen LogP contribution in [0.3, 0.4) is 0 Å². The van der Waals surface area contributed by atoms with Crippen LogP contribution in [0.4, 0.5) is 0 Å². The molecule has 0 aromatic heterocycles. The molecule has 2 atom stereocenters. The summed E-state index contributed by atoms with van der Waals surface area (Å²) >= 11 is 0. The van der Waals surface area contributed by atoms with Crippen molar-refractivity contribution < 1.29 is 0 Å². The summed E-state index contributed by atoms with van der Waals surface area (Å²) in [7, 11) is 0. The Bertz CT molecular complexity index is 122. The molecule has 1 aliphatic rings. The Hall–Kier alpha value is -0.0400. The average molecular weight is 183 g/mol. The van der Waals surface area contributed by atoms with Crippen LogP contribution in [0.1, 0.15) is 52.4 Å². The van der Waals surface area contributed by atoms with Gasteiger partial charge in [0.1, 0.15) is 0 Å². The molecule has 0 heterocycles. The summed E-state index contributed by atoms with van der Waals surface area (Å²) < 4.78 is 0. The van der Waals surface area contributed by atoms with Crippen LogP contribution in [-0.4, -0.2) is 13.1 Å². The molecule has 2 unspecified atom stereocenters. The van der Waals surface area contributed by atoms with Crippen molar-refractivity contribution in [2.24, 2.45) is 11.8 Å². The van der Waals surface area contributed by atoms with Gasteiger partial charge in [-0.15, -0.1) is 0 Å². The molecule has 0 amide bonds. The van der Waals surface area contributed by atoms with Crippen molar-refractivity contribution in [2.75, 3.05) is 13.1 Å². The number of rotatable bonds is 5. The lowest BCUT2D eigenvalue weighted by Crippen LogP contribution is -2.17. The van der Waals surface area contributed by atoms with E-state index in [1.54, 1.807) is 0 Å². The Morgan fingerprint density at radius 1 is 1.31 bits per heavy atom. The maximum absolute atomic E-state index is 3.40. The van der Waals surface area contributed by atoms with Gasteiger partial charge in [0.2, 0.25) is 0 Å². The van der Waals surface area contributed by atoms with Crippen LogP contribution in [0.2, 0.25) is 0 Å². The van der Waals surface area contributed by atoms with E-state index >= 15 is 0 Å². The Morgan fingerprint density at radius 2 is 2.15 bits per heavy atom. The molecular weight excluding hydrogens is 158 g/mol. The summed E-state index contributed by atoms with van der Waals surface area (Å²) in [6.45, 7) is 6.95. The van der Waals surface area contributed by atoms with Gasteiger partial charge >= 0.3 is 0 Å². The highest BCUT2D eigenvalue weighted by Gasteiger charge is 2.17. The van der Waals surface area contributed by atoms with Gasteiger partial charge in [-0.25, -0.2) is 0 Å². The second-order valence-corrected chi connectivity index (χ2v) is 4.63. The highest BCUT2D eigenvalue weighted by molar-refractivity contribution is 4.70. The molecule has 0 aliphatic heterocycles. The monoisotopic (exact) mass is 183 g/mol. The largest absolute Gasteiger partial charge is 0.317 e. The first-order valence-electron chi connectivity index (χ1n) is 6.03. The van der Waals surface area contributed by atoms with Crippen molar-refractivity contribution in [3.8, 4) is 0 Å². The second-order valence-electron chi connectivity index (χ2n) is 4.63. The summed E-state index contributed by atoms with van der Waals surface area (Å²) in [6, 6.07) is 0. The Kier molecular flexibility index (Phi) is 5.45. The van der Waals surface area contributed by atoms with Gasteiger partial charge < -0.3 is 5.32 Å². The van der Waals surface area contributed by atoms with Gasteiger partial charge in [0.05, 0.1) is 0 Å². The molecule has 0 aromatic rings. The predicted molar refractivity (Wildman–Crippen MR) is 58.9 cm³/mol. The molecule has 0 saturated heterocycles. The second kappa shape index (κ2) is 6.42. The highest BCUT2D eigenvalue weighted by atomic mass is 14.8. The van der Waals surface area contributed by atoms with Crippen molar-refractivity contribution in [3.63, 3.8) is 0 Å². The summed E-state index contributed by atoms with van der Waals surface area (Å²) in [5.41, 5.74) is 0. The zero-order valence-corrected chi connectivity index (χ0v) is 9.31. The molecule has 0 spiro atoms. The molecule has 13 heavy (non-hydrogen) atoms. The van der Waals surface area contributed by atoms with E-state index in [0.717, 1.165) is 18.4 Å². The first kappa shape index (κ1) is 11.0. The fourth-order valence-electron chi connectivity index (χ4n) is 2.51. The third kappa shape index (κ3) is 4.66. The lowest BCUT2D eigenvalue weighted by atomic mass is 9.80. The van der Waals surface area contributed by atoms with Gasteiger partial charge in [0.25, 0.3) is 0 Å². The Balaban J connectivity index is 2.00. The lowest BCUT2D eigenvalue weighted by molar-refractivity contribution is 0.265. The quantitative estimate of drug-likeness (QED) is 0.645. The zero-order chi connectivity index (χ0) is 9.52. The summed E-state index contributed by atoms with van der Waals surface area (Å²) in [4.78, 5) is 0. The van der Waals surface area contributed by atoms with Gasteiger partial charge in [0.15, 0.2) is 0 Å². The van der Waals surface area contributed by atoms with Gasteiger partial charge in [-0.2, -0.15) is 0 Å². The molecule has 78 valence electrons. The molecule has 1 fully saturated rings. The van der Waals surface area contributed by atoms with E-state index < -0.39 is 0 Å². The molecule has 1 rings (SSSR count). The number of hydrogen-bond donors (Lipinski definition) is 1. The minimum atomic E-state index is 0.998. The highest BCUT2D eigenvalue weighted by Crippen LogP contribution is 2.31. The molecule has 0 bridgehead atoms. The molecule has 1 N–H and O–H groups in total. The molecule has 1 heteroatoms.